The third-order valence-corrected chi connectivity index (χ3v) is 3.96. The molecule has 0 aliphatic carbocycles. The molecule has 0 aliphatic heterocycles. The van der Waals surface area contributed by atoms with Crippen LogP contribution in [0.3, 0.4) is 0 Å². The van der Waals surface area contributed by atoms with Gasteiger partial charge in [-0.15, -0.1) is 10.2 Å². The van der Waals surface area contributed by atoms with E-state index in [1.165, 1.54) is 12.1 Å². The van der Waals surface area contributed by atoms with E-state index in [-0.39, 0.29) is 30.9 Å². The molecular formula is C20H17F3N2O3. The summed E-state index contributed by atoms with van der Waals surface area (Å²) in [6.45, 7) is 1.73. The molecule has 1 heterocycles. The molecule has 28 heavy (non-hydrogen) atoms. The zero-order chi connectivity index (χ0) is 20.1. The van der Waals surface area contributed by atoms with Crippen molar-refractivity contribution in [1.29, 1.82) is 0 Å². The number of carbonyl (C=O) groups is 1. The Hall–Kier alpha value is -3.16. The fourth-order valence-corrected chi connectivity index (χ4v) is 2.45. The zero-order valence-electron chi connectivity index (χ0n) is 15.0. The van der Waals surface area contributed by atoms with E-state index in [2.05, 4.69) is 10.2 Å². The molecule has 0 spiro atoms. The molecule has 3 rings (SSSR count). The number of benzene rings is 2. The summed E-state index contributed by atoms with van der Waals surface area (Å²) in [5.41, 5.74) is 1.36. The number of nitrogens with zero attached hydrogens (tertiary/aromatic N) is 2. The first-order valence-corrected chi connectivity index (χ1v) is 8.52. The molecule has 0 radical (unpaired) electrons. The number of hydrogen-bond donors (Lipinski definition) is 0. The number of halogens is 3. The Morgan fingerprint density at radius 3 is 2.57 bits per heavy atom. The van der Waals surface area contributed by atoms with Crippen molar-refractivity contribution in [3.8, 4) is 11.5 Å². The van der Waals surface area contributed by atoms with Crippen LogP contribution in [0.5, 0.6) is 0 Å². The Balaban J connectivity index is 1.50. The standard InChI is InChI=1S/C20H17F3N2O3/c1-13-5-7-15(8-6-13)19-25-24-17(28-19)9-10-18(26)27-12-14-3-2-4-16(11-14)20(21,22)23/h2-8,11H,9-10,12H2,1H3. The van der Waals surface area contributed by atoms with E-state index in [9.17, 15) is 18.0 Å². The fraction of sp³-hybridized carbons (Fsp3) is 0.250. The van der Waals surface area contributed by atoms with E-state index in [1.54, 1.807) is 0 Å². The molecule has 0 atom stereocenters. The largest absolute Gasteiger partial charge is 0.461 e. The summed E-state index contributed by atoms with van der Waals surface area (Å²) < 4.78 is 48.6. The lowest BCUT2D eigenvalue weighted by atomic mass is 10.1. The number of carbonyl (C=O) groups excluding carboxylic acids is 1. The van der Waals surface area contributed by atoms with E-state index in [0.29, 0.717) is 5.89 Å². The molecule has 146 valence electrons. The molecule has 5 nitrogen and oxygen atoms in total. The Morgan fingerprint density at radius 1 is 1.11 bits per heavy atom. The number of ether oxygens (including phenoxy) is 1. The van der Waals surface area contributed by atoms with Crippen LogP contribution in [0.4, 0.5) is 13.2 Å². The normalized spacial score (nSPS) is 11.4. The van der Waals surface area contributed by atoms with Gasteiger partial charge < -0.3 is 9.15 Å². The van der Waals surface area contributed by atoms with Gasteiger partial charge in [-0.2, -0.15) is 13.2 Å². The summed E-state index contributed by atoms with van der Waals surface area (Å²) in [5.74, 6) is 0.0754. The Kier molecular flexibility index (Phi) is 5.77. The van der Waals surface area contributed by atoms with Gasteiger partial charge in [-0.1, -0.05) is 29.8 Å². The van der Waals surface area contributed by atoms with Crippen molar-refractivity contribution >= 4 is 5.97 Å². The molecule has 0 unspecified atom stereocenters. The van der Waals surface area contributed by atoms with Crippen molar-refractivity contribution in [3.63, 3.8) is 0 Å². The lowest BCUT2D eigenvalue weighted by Crippen LogP contribution is -2.08. The molecule has 0 saturated heterocycles. The molecule has 0 N–H and O–H groups in total. The summed E-state index contributed by atoms with van der Waals surface area (Å²) in [4.78, 5) is 11.9. The average molecular weight is 390 g/mol. The van der Waals surface area contributed by atoms with E-state index < -0.39 is 17.7 Å². The molecule has 1 aromatic heterocycles. The van der Waals surface area contributed by atoms with Gasteiger partial charge in [0.05, 0.1) is 12.0 Å². The predicted octanol–water partition coefficient (Wildman–Crippen LogP) is 4.74. The average Bonchev–Trinajstić information content (AvgIpc) is 3.14. The molecule has 8 heteroatoms. The smallest absolute Gasteiger partial charge is 0.416 e. The SMILES string of the molecule is Cc1ccc(-c2nnc(CCC(=O)OCc3cccc(C(F)(F)F)c3)o2)cc1. The van der Waals surface area contributed by atoms with Gasteiger partial charge in [0.2, 0.25) is 11.8 Å². The molecule has 2 aromatic carbocycles. The van der Waals surface area contributed by atoms with E-state index in [1.807, 2.05) is 31.2 Å². The molecule has 0 aliphatic rings. The van der Waals surface area contributed by atoms with Gasteiger partial charge in [-0.05, 0) is 36.8 Å². The van der Waals surface area contributed by atoms with Gasteiger partial charge in [0, 0.05) is 12.0 Å². The zero-order valence-corrected chi connectivity index (χ0v) is 15.0. The van der Waals surface area contributed by atoms with E-state index >= 15 is 0 Å². The predicted molar refractivity (Wildman–Crippen MR) is 94.0 cm³/mol. The fourth-order valence-electron chi connectivity index (χ4n) is 2.45. The van der Waals surface area contributed by atoms with Crippen molar-refractivity contribution in [2.24, 2.45) is 0 Å². The van der Waals surface area contributed by atoms with Crippen molar-refractivity contribution < 1.29 is 27.1 Å². The van der Waals surface area contributed by atoms with Crippen molar-refractivity contribution in [1.82, 2.24) is 10.2 Å². The topological polar surface area (TPSA) is 65.2 Å². The minimum Gasteiger partial charge on any atom is -0.461 e. The molecule has 0 bridgehead atoms. The molecular weight excluding hydrogens is 373 g/mol. The first-order valence-electron chi connectivity index (χ1n) is 8.52. The van der Waals surface area contributed by atoms with Crippen LogP contribution in [0.2, 0.25) is 0 Å². The first kappa shape index (κ1) is 19.6. The monoisotopic (exact) mass is 390 g/mol. The third-order valence-electron chi connectivity index (χ3n) is 3.96. The number of hydrogen-bond acceptors (Lipinski definition) is 5. The first-order chi connectivity index (χ1) is 13.3. The van der Waals surface area contributed by atoms with Gasteiger partial charge in [0.25, 0.3) is 0 Å². The lowest BCUT2D eigenvalue weighted by Gasteiger charge is -2.09. The van der Waals surface area contributed by atoms with Gasteiger partial charge in [-0.25, -0.2) is 0 Å². The number of rotatable bonds is 6. The van der Waals surface area contributed by atoms with Crippen LogP contribution in [0.15, 0.2) is 52.9 Å². The Morgan fingerprint density at radius 2 is 1.86 bits per heavy atom. The quantitative estimate of drug-likeness (QED) is 0.569. The minimum atomic E-state index is -4.44. The van der Waals surface area contributed by atoms with Gasteiger partial charge >= 0.3 is 12.1 Å². The van der Waals surface area contributed by atoms with Crippen LogP contribution in [0.1, 0.15) is 29.0 Å². The summed E-state index contributed by atoms with van der Waals surface area (Å²) in [6.07, 6.45) is -4.28. The third kappa shape index (κ3) is 5.18. The van der Waals surface area contributed by atoms with Crippen LogP contribution in [-0.2, 0) is 28.7 Å². The number of aromatic nitrogens is 2. The molecule has 0 fully saturated rings. The Bertz CT molecular complexity index is 950. The molecule has 0 saturated carbocycles. The van der Waals surface area contributed by atoms with E-state index in [0.717, 1.165) is 23.3 Å². The maximum absolute atomic E-state index is 12.7. The van der Waals surface area contributed by atoms with Crippen molar-refractivity contribution in [3.05, 3.63) is 71.1 Å². The maximum atomic E-state index is 12.7. The van der Waals surface area contributed by atoms with Crippen LogP contribution in [0.25, 0.3) is 11.5 Å². The van der Waals surface area contributed by atoms with Gasteiger partial charge in [0.1, 0.15) is 6.61 Å². The number of esters is 1. The highest BCUT2D eigenvalue weighted by molar-refractivity contribution is 5.69. The highest BCUT2D eigenvalue weighted by atomic mass is 19.4. The Labute approximate surface area is 159 Å². The van der Waals surface area contributed by atoms with Crippen molar-refractivity contribution in [2.75, 3.05) is 0 Å². The van der Waals surface area contributed by atoms with Crippen LogP contribution >= 0.6 is 0 Å². The molecule has 3 aromatic rings. The second-order valence-corrected chi connectivity index (χ2v) is 6.23. The summed E-state index contributed by atoms with van der Waals surface area (Å²) in [5, 5.41) is 7.84. The highest BCUT2D eigenvalue weighted by Crippen LogP contribution is 2.29. The minimum absolute atomic E-state index is 0.0194. The maximum Gasteiger partial charge on any atom is 0.416 e. The van der Waals surface area contributed by atoms with Crippen LogP contribution < -0.4 is 0 Å². The number of aryl methyl sites for hydroxylation is 2. The van der Waals surface area contributed by atoms with Crippen LogP contribution in [-0.4, -0.2) is 16.2 Å². The van der Waals surface area contributed by atoms with Gasteiger partial charge in [0.15, 0.2) is 0 Å². The van der Waals surface area contributed by atoms with Gasteiger partial charge in [-0.3, -0.25) is 4.79 Å². The summed E-state index contributed by atoms with van der Waals surface area (Å²) in [6, 6.07) is 12.2. The lowest BCUT2D eigenvalue weighted by molar-refractivity contribution is -0.145. The second-order valence-electron chi connectivity index (χ2n) is 6.23. The van der Waals surface area contributed by atoms with Crippen LogP contribution in [0, 0.1) is 6.92 Å². The summed E-state index contributed by atoms with van der Waals surface area (Å²) in [7, 11) is 0. The second kappa shape index (κ2) is 8.24. The highest BCUT2D eigenvalue weighted by Gasteiger charge is 2.30. The van der Waals surface area contributed by atoms with E-state index in [4.69, 9.17) is 9.15 Å². The van der Waals surface area contributed by atoms with Crippen molar-refractivity contribution in [2.45, 2.75) is 32.5 Å². The summed E-state index contributed by atoms with van der Waals surface area (Å²) >= 11 is 0. The molecule has 0 amide bonds. The number of alkyl halides is 3.